The van der Waals surface area contributed by atoms with Crippen LogP contribution in [0.5, 0.6) is 5.75 Å². The topological polar surface area (TPSA) is 80.3 Å². The highest BCUT2D eigenvalue weighted by atomic mass is 32.1. The molecule has 1 aliphatic rings. The van der Waals surface area contributed by atoms with Gasteiger partial charge in [-0.3, -0.25) is 9.59 Å². The molecule has 0 radical (unpaired) electrons. The van der Waals surface area contributed by atoms with Crippen LogP contribution in [0.3, 0.4) is 0 Å². The van der Waals surface area contributed by atoms with Crippen molar-refractivity contribution in [2.45, 2.75) is 65.0 Å². The number of carbonyl (C=O) groups excluding carboxylic acids is 2. The van der Waals surface area contributed by atoms with Gasteiger partial charge < -0.3 is 15.4 Å². The molecule has 0 aliphatic heterocycles. The highest BCUT2D eigenvalue weighted by Crippen LogP contribution is 2.21. The minimum absolute atomic E-state index is 0.0456. The first-order valence-corrected chi connectivity index (χ1v) is 12.7. The lowest BCUT2D eigenvalue weighted by Gasteiger charge is -2.23. The largest absolute Gasteiger partial charge is 0.486 e. The zero-order valence-electron chi connectivity index (χ0n) is 19.7. The third-order valence-corrected chi connectivity index (χ3v) is 6.90. The van der Waals surface area contributed by atoms with Crippen LogP contribution in [0.4, 0.5) is 5.69 Å². The molecule has 1 fully saturated rings. The van der Waals surface area contributed by atoms with E-state index < -0.39 is 0 Å². The van der Waals surface area contributed by atoms with E-state index in [0.717, 1.165) is 29.2 Å². The molecule has 1 heterocycles. The summed E-state index contributed by atoms with van der Waals surface area (Å²) in [6.07, 6.45) is 5.89. The Hall–Kier alpha value is -3.19. The van der Waals surface area contributed by atoms with Gasteiger partial charge in [0, 0.05) is 22.7 Å². The van der Waals surface area contributed by atoms with Crippen molar-refractivity contribution in [2.24, 2.45) is 0 Å². The van der Waals surface area contributed by atoms with Crippen molar-refractivity contribution in [1.29, 1.82) is 0 Å². The Bertz CT molecular complexity index is 1130. The molecule has 6 nitrogen and oxygen atoms in total. The van der Waals surface area contributed by atoms with Gasteiger partial charge in [-0.15, -0.1) is 11.3 Å². The van der Waals surface area contributed by atoms with Crippen LogP contribution < -0.4 is 15.4 Å². The van der Waals surface area contributed by atoms with E-state index in [0.29, 0.717) is 23.6 Å². The molecule has 1 aliphatic carbocycles. The normalized spacial score (nSPS) is 13.9. The van der Waals surface area contributed by atoms with E-state index in [1.807, 2.05) is 49.6 Å². The van der Waals surface area contributed by atoms with Crippen LogP contribution in [-0.4, -0.2) is 22.8 Å². The molecule has 1 saturated carbocycles. The van der Waals surface area contributed by atoms with E-state index in [1.54, 1.807) is 12.1 Å². The second-order valence-corrected chi connectivity index (χ2v) is 9.84. The number of anilines is 1. The predicted octanol–water partition coefficient (Wildman–Crippen LogP) is 5.58. The molecular weight excluding hydrogens is 446 g/mol. The molecule has 0 bridgehead atoms. The number of carbonyl (C=O) groups is 2. The number of ether oxygens (including phenoxy) is 1. The summed E-state index contributed by atoms with van der Waals surface area (Å²) in [5.74, 6) is 0.612. The first kappa shape index (κ1) is 24.0. The molecule has 7 heteroatoms. The van der Waals surface area contributed by atoms with E-state index in [1.165, 1.54) is 36.2 Å². The summed E-state index contributed by atoms with van der Waals surface area (Å²) in [6.45, 7) is 4.31. The number of benzene rings is 2. The van der Waals surface area contributed by atoms with E-state index in [9.17, 15) is 9.59 Å². The Morgan fingerprint density at radius 3 is 2.56 bits per heavy atom. The summed E-state index contributed by atoms with van der Waals surface area (Å²) in [5, 5.41) is 8.79. The fraction of sp³-hybridized carbons (Fsp3) is 0.370. The average Bonchev–Trinajstić information content (AvgIpc) is 3.27. The molecule has 3 aromatic rings. The van der Waals surface area contributed by atoms with Gasteiger partial charge in [0.1, 0.15) is 17.4 Å². The summed E-state index contributed by atoms with van der Waals surface area (Å²) in [5.41, 5.74) is 4.08. The summed E-state index contributed by atoms with van der Waals surface area (Å²) in [6, 6.07) is 13.5. The molecule has 0 unspecified atom stereocenters. The van der Waals surface area contributed by atoms with E-state index >= 15 is 0 Å². The van der Waals surface area contributed by atoms with Gasteiger partial charge in [-0.1, -0.05) is 37.0 Å². The van der Waals surface area contributed by atoms with Crippen LogP contribution in [0.15, 0.2) is 47.8 Å². The van der Waals surface area contributed by atoms with Gasteiger partial charge in [-0.05, 0) is 62.6 Å². The molecule has 0 saturated heterocycles. The Labute approximate surface area is 204 Å². The van der Waals surface area contributed by atoms with Crippen molar-refractivity contribution in [3.05, 3.63) is 75.2 Å². The number of nitrogens with one attached hydrogen (secondary N) is 2. The summed E-state index contributed by atoms with van der Waals surface area (Å²) < 4.78 is 5.77. The number of amides is 2. The van der Waals surface area contributed by atoms with E-state index in [2.05, 4.69) is 15.6 Å². The maximum Gasteiger partial charge on any atom is 0.251 e. The molecular formula is C27H31N3O3S. The first-order chi connectivity index (χ1) is 16.5. The standard InChI is InChI=1S/C27H31N3O3S/c1-18-8-11-23(12-9-18)33-16-26-28-22(17-34-26)15-25(31)30-24-13-10-20(14-19(24)2)27(32)29-21-6-4-3-5-7-21/h8-14,17,21H,3-7,15-16H2,1-2H3,(H,29,32)(H,30,31). The van der Waals surface area contributed by atoms with Gasteiger partial charge in [-0.25, -0.2) is 4.98 Å². The number of nitrogens with zero attached hydrogens (tertiary/aromatic N) is 1. The van der Waals surface area contributed by atoms with Crippen LogP contribution >= 0.6 is 11.3 Å². The second kappa shape index (κ2) is 11.3. The molecule has 2 aromatic carbocycles. The Morgan fingerprint density at radius 2 is 1.82 bits per heavy atom. The van der Waals surface area contributed by atoms with Gasteiger partial charge in [-0.2, -0.15) is 0 Å². The molecule has 4 rings (SSSR count). The van der Waals surface area contributed by atoms with Crippen molar-refractivity contribution in [3.8, 4) is 5.75 Å². The molecule has 2 amide bonds. The summed E-state index contributed by atoms with van der Waals surface area (Å²) in [7, 11) is 0. The molecule has 1 aromatic heterocycles. The van der Waals surface area contributed by atoms with Gasteiger partial charge in [0.05, 0.1) is 12.1 Å². The van der Waals surface area contributed by atoms with Crippen molar-refractivity contribution >= 4 is 28.8 Å². The highest BCUT2D eigenvalue weighted by molar-refractivity contribution is 7.09. The SMILES string of the molecule is Cc1ccc(OCc2nc(CC(=O)Nc3ccc(C(=O)NC4CCCCC4)cc3C)cs2)cc1. The van der Waals surface area contributed by atoms with Gasteiger partial charge >= 0.3 is 0 Å². The maximum absolute atomic E-state index is 12.6. The Kier molecular flexibility index (Phi) is 7.95. The van der Waals surface area contributed by atoms with Crippen LogP contribution in [0.2, 0.25) is 0 Å². The fourth-order valence-electron chi connectivity index (χ4n) is 4.10. The number of hydrogen-bond donors (Lipinski definition) is 2. The second-order valence-electron chi connectivity index (χ2n) is 8.90. The molecule has 34 heavy (non-hydrogen) atoms. The monoisotopic (exact) mass is 477 g/mol. The van der Waals surface area contributed by atoms with Crippen LogP contribution in [0.25, 0.3) is 0 Å². The third-order valence-electron chi connectivity index (χ3n) is 6.03. The zero-order valence-corrected chi connectivity index (χ0v) is 20.5. The zero-order chi connectivity index (χ0) is 23.9. The third kappa shape index (κ3) is 6.67. The number of hydrogen-bond acceptors (Lipinski definition) is 5. The average molecular weight is 478 g/mol. The van der Waals surface area contributed by atoms with Crippen molar-refractivity contribution in [2.75, 3.05) is 5.32 Å². The number of aromatic nitrogens is 1. The smallest absolute Gasteiger partial charge is 0.251 e. The minimum Gasteiger partial charge on any atom is -0.486 e. The summed E-state index contributed by atoms with van der Waals surface area (Å²) in [4.78, 5) is 29.7. The van der Waals surface area contributed by atoms with Crippen LogP contribution in [0.1, 0.15) is 64.3 Å². The fourth-order valence-corrected chi connectivity index (χ4v) is 4.80. The number of thiazole rings is 1. The Morgan fingerprint density at radius 1 is 1.06 bits per heavy atom. The molecule has 2 N–H and O–H groups in total. The van der Waals surface area contributed by atoms with E-state index in [4.69, 9.17) is 4.74 Å². The lowest BCUT2D eigenvalue weighted by molar-refractivity contribution is -0.115. The van der Waals surface area contributed by atoms with Crippen LogP contribution in [-0.2, 0) is 17.8 Å². The molecule has 0 atom stereocenters. The van der Waals surface area contributed by atoms with Gasteiger partial charge in [0.15, 0.2) is 0 Å². The minimum atomic E-state index is -0.140. The predicted molar refractivity (Wildman–Crippen MR) is 135 cm³/mol. The molecule has 178 valence electrons. The van der Waals surface area contributed by atoms with Gasteiger partial charge in [0.2, 0.25) is 5.91 Å². The van der Waals surface area contributed by atoms with E-state index in [-0.39, 0.29) is 24.3 Å². The maximum atomic E-state index is 12.6. The lowest BCUT2D eigenvalue weighted by Crippen LogP contribution is -2.36. The number of aryl methyl sites for hydroxylation is 2. The van der Waals surface area contributed by atoms with Crippen molar-refractivity contribution in [3.63, 3.8) is 0 Å². The summed E-state index contributed by atoms with van der Waals surface area (Å²) >= 11 is 1.48. The first-order valence-electron chi connectivity index (χ1n) is 11.8. The van der Waals surface area contributed by atoms with Gasteiger partial charge in [0.25, 0.3) is 5.91 Å². The number of rotatable bonds is 8. The lowest BCUT2D eigenvalue weighted by atomic mass is 9.95. The highest BCUT2D eigenvalue weighted by Gasteiger charge is 2.17. The quantitative estimate of drug-likeness (QED) is 0.444. The van der Waals surface area contributed by atoms with Crippen LogP contribution in [0, 0.1) is 13.8 Å². The Balaban J connectivity index is 1.28. The van der Waals surface area contributed by atoms with Crippen molar-refractivity contribution < 1.29 is 14.3 Å². The molecule has 0 spiro atoms. The van der Waals surface area contributed by atoms with Crippen molar-refractivity contribution in [1.82, 2.24) is 10.3 Å².